The fourth-order valence-electron chi connectivity index (χ4n) is 2.35. The topological polar surface area (TPSA) is 83.3 Å². The number of hydrogen-bond donors (Lipinski definition) is 3. The molecule has 1 aromatic heterocycles. The Morgan fingerprint density at radius 3 is 3.00 bits per heavy atom. The van der Waals surface area contributed by atoms with Crippen molar-refractivity contribution in [3.63, 3.8) is 0 Å². The largest absolute Gasteiger partial charge is 0.352 e. The molecule has 0 spiro atoms. The van der Waals surface area contributed by atoms with Crippen molar-refractivity contribution in [1.82, 2.24) is 20.4 Å². The second kappa shape index (κ2) is 8.67. The maximum atomic E-state index is 12.0. The molecule has 1 atom stereocenters. The molecule has 7 nitrogen and oxygen atoms in total. The van der Waals surface area contributed by atoms with Gasteiger partial charge in [-0.15, -0.1) is 24.0 Å². The van der Waals surface area contributed by atoms with E-state index in [-0.39, 0.29) is 36.4 Å². The molecule has 0 saturated heterocycles. The Morgan fingerprint density at radius 1 is 1.42 bits per heavy atom. The van der Waals surface area contributed by atoms with Crippen molar-refractivity contribution in [1.29, 1.82) is 0 Å². The van der Waals surface area contributed by atoms with E-state index < -0.39 is 0 Å². The van der Waals surface area contributed by atoms with Gasteiger partial charge in [0.15, 0.2) is 5.96 Å². The minimum absolute atomic E-state index is 0. The molecule has 0 aliphatic carbocycles. The maximum Gasteiger partial charge on any atom is 0.246 e. The van der Waals surface area contributed by atoms with Crippen LogP contribution in [0.15, 0.2) is 47.7 Å². The van der Waals surface area contributed by atoms with Crippen LogP contribution in [0.4, 0.5) is 5.69 Å². The minimum Gasteiger partial charge on any atom is -0.352 e. The van der Waals surface area contributed by atoms with Crippen LogP contribution in [0.5, 0.6) is 0 Å². The number of guanidine groups is 1. The Kier molecular flexibility index (Phi) is 6.59. The zero-order valence-electron chi connectivity index (χ0n) is 13.4. The molecule has 0 bridgehead atoms. The molecule has 1 aromatic carbocycles. The van der Waals surface area contributed by atoms with E-state index in [1.807, 2.05) is 24.3 Å². The number of carbonyl (C=O) groups excluding carboxylic acids is 1. The van der Waals surface area contributed by atoms with Crippen molar-refractivity contribution >= 4 is 41.5 Å². The molecule has 3 rings (SSSR count). The van der Waals surface area contributed by atoms with Gasteiger partial charge in [0.2, 0.25) is 5.91 Å². The predicted octanol–water partition coefficient (Wildman–Crippen LogP) is 1.58. The molecule has 2 heterocycles. The summed E-state index contributed by atoms with van der Waals surface area (Å²) in [5.74, 6) is 0.722. The van der Waals surface area contributed by atoms with E-state index in [1.165, 1.54) is 0 Å². The molecule has 128 valence electrons. The van der Waals surface area contributed by atoms with E-state index in [0.717, 1.165) is 23.8 Å². The number of hydrogen-bond acceptors (Lipinski definition) is 5. The predicted molar refractivity (Wildman–Crippen MR) is 104 cm³/mol. The van der Waals surface area contributed by atoms with Crippen LogP contribution in [0.25, 0.3) is 0 Å². The van der Waals surface area contributed by atoms with Gasteiger partial charge in [-0.2, -0.15) is 5.10 Å². The highest BCUT2D eigenvalue weighted by molar-refractivity contribution is 14.0. The third kappa shape index (κ3) is 5.22. The van der Waals surface area contributed by atoms with Crippen molar-refractivity contribution < 1.29 is 4.79 Å². The molecular weight excluding hydrogens is 419 g/mol. The van der Waals surface area contributed by atoms with Gasteiger partial charge in [0.05, 0.1) is 6.54 Å². The smallest absolute Gasteiger partial charge is 0.246 e. The van der Waals surface area contributed by atoms with Gasteiger partial charge in [-0.1, -0.05) is 12.1 Å². The summed E-state index contributed by atoms with van der Waals surface area (Å²) < 4.78 is 1.59. The average molecular weight is 440 g/mol. The lowest BCUT2D eigenvalue weighted by Crippen LogP contribution is -2.37. The molecule has 0 fully saturated rings. The highest BCUT2D eigenvalue weighted by atomic mass is 127. The standard InChI is InChI=1S/C16H20N6O.HI/c1-12-9-17-16(20-12)18-10-13-4-2-5-14(8-13)21-15(23)11-22-7-3-6-19-22;/h2-8,12H,9-11H2,1H3,(H,21,23)(H2,17,18,20);1H. The van der Waals surface area contributed by atoms with Crippen LogP contribution in [0.3, 0.4) is 0 Å². The molecule has 1 aliphatic heterocycles. The van der Waals surface area contributed by atoms with Crippen molar-refractivity contribution in [3.05, 3.63) is 48.3 Å². The normalized spacial score (nSPS) is 15.9. The Hall–Kier alpha value is -2.10. The number of carbonyl (C=O) groups is 1. The molecule has 24 heavy (non-hydrogen) atoms. The highest BCUT2D eigenvalue weighted by Gasteiger charge is 2.11. The first-order valence-corrected chi connectivity index (χ1v) is 7.60. The Morgan fingerprint density at radius 2 is 2.29 bits per heavy atom. The van der Waals surface area contributed by atoms with E-state index in [0.29, 0.717) is 12.6 Å². The number of rotatable bonds is 5. The van der Waals surface area contributed by atoms with E-state index in [1.54, 1.807) is 23.1 Å². The zero-order valence-corrected chi connectivity index (χ0v) is 15.7. The molecule has 0 radical (unpaired) electrons. The molecular formula is C16H21IN6O. The molecule has 1 aliphatic rings. The highest BCUT2D eigenvalue weighted by Crippen LogP contribution is 2.11. The van der Waals surface area contributed by atoms with Gasteiger partial charge in [0.25, 0.3) is 0 Å². The SMILES string of the molecule is CC1CN=C(NCc2cccc(NC(=O)Cn3cccn3)c2)N1.I. The van der Waals surface area contributed by atoms with Gasteiger partial charge in [-0.25, -0.2) is 0 Å². The minimum atomic E-state index is -0.102. The summed E-state index contributed by atoms with van der Waals surface area (Å²) in [7, 11) is 0. The molecule has 8 heteroatoms. The summed E-state index contributed by atoms with van der Waals surface area (Å²) in [6, 6.07) is 9.93. The van der Waals surface area contributed by atoms with Gasteiger partial charge in [-0.05, 0) is 30.7 Å². The number of anilines is 1. The number of benzene rings is 1. The number of aromatic nitrogens is 2. The molecule has 0 saturated carbocycles. The van der Waals surface area contributed by atoms with Gasteiger partial charge in [0, 0.05) is 30.7 Å². The molecule has 1 unspecified atom stereocenters. The van der Waals surface area contributed by atoms with Gasteiger partial charge < -0.3 is 16.0 Å². The molecule has 3 N–H and O–H groups in total. The Balaban J connectivity index is 0.00000208. The maximum absolute atomic E-state index is 12.0. The number of nitrogens with one attached hydrogen (secondary N) is 3. The number of halogens is 1. The first-order valence-electron chi connectivity index (χ1n) is 7.60. The number of nitrogens with zero attached hydrogens (tertiary/aromatic N) is 3. The monoisotopic (exact) mass is 440 g/mol. The lowest BCUT2D eigenvalue weighted by molar-refractivity contribution is -0.116. The van der Waals surface area contributed by atoms with Crippen LogP contribution in [0.2, 0.25) is 0 Å². The molecule has 2 aromatic rings. The summed E-state index contributed by atoms with van der Waals surface area (Å²) in [6.45, 7) is 3.75. The quantitative estimate of drug-likeness (QED) is 0.617. The van der Waals surface area contributed by atoms with E-state index in [2.05, 4.69) is 33.0 Å². The summed E-state index contributed by atoms with van der Waals surface area (Å²) in [5.41, 5.74) is 1.85. The van der Waals surface area contributed by atoms with Crippen LogP contribution >= 0.6 is 24.0 Å². The lowest BCUT2D eigenvalue weighted by Gasteiger charge is -2.10. The fourth-order valence-corrected chi connectivity index (χ4v) is 2.35. The summed E-state index contributed by atoms with van der Waals surface area (Å²) in [4.78, 5) is 16.3. The first-order chi connectivity index (χ1) is 11.2. The fraction of sp³-hybridized carbons (Fsp3) is 0.312. The average Bonchev–Trinajstić information content (AvgIpc) is 3.17. The van der Waals surface area contributed by atoms with Crippen molar-refractivity contribution in [3.8, 4) is 0 Å². The second-order valence-electron chi connectivity index (χ2n) is 5.54. The second-order valence-corrected chi connectivity index (χ2v) is 5.54. The van der Waals surface area contributed by atoms with Crippen LogP contribution in [-0.2, 0) is 17.9 Å². The van der Waals surface area contributed by atoms with Crippen LogP contribution in [0, 0.1) is 0 Å². The van der Waals surface area contributed by atoms with Gasteiger partial charge >= 0.3 is 0 Å². The summed E-state index contributed by atoms with van der Waals surface area (Å²) >= 11 is 0. The number of amides is 1. The van der Waals surface area contributed by atoms with E-state index in [4.69, 9.17) is 0 Å². The van der Waals surface area contributed by atoms with Crippen LogP contribution in [0.1, 0.15) is 12.5 Å². The summed E-state index contributed by atoms with van der Waals surface area (Å²) in [5, 5.41) is 13.4. The lowest BCUT2D eigenvalue weighted by atomic mass is 10.2. The van der Waals surface area contributed by atoms with Crippen LogP contribution in [-0.4, -0.2) is 34.2 Å². The van der Waals surface area contributed by atoms with Crippen molar-refractivity contribution in [2.75, 3.05) is 11.9 Å². The first kappa shape index (κ1) is 18.2. The third-order valence-corrected chi connectivity index (χ3v) is 3.44. The van der Waals surface area contributed by atoms with E-state index >= 15 is 0 Å². The molecule has 1 amide bonds. The summed E-state index contributed by atoms with van der Waals surface area (Å²) in [6.07, 6.45) is 3.41. The van der Waals surface area contributed by atoms with Crippen LogP contribution < -0.4 is 16.0 Å². The Labute approximate surface area is 157 Å². The Bertz CT molecular complexity index is 700. The zero-order chi connectivity index (χ0) is 16.1. The van der Waals surface area contributed by atoms with Gasteiger partial charge in [-0.3, -0.25) is 14.5 Å². The van der Waals surface area contributed by atoms with E-state index in [9.17, 15) is 4.79 Å². The van der Waals surface area contributed by atoms with Gasteiger partial charge in [0.1, 0.15) is 6.54 Å². The van der Waals surface area contributed by atoms with Crippen molar-refractivity contribution in [2.24, 2.45) is 4.99 Å². The third-order valence-electron chi connectivity index (χ3n) is 3.44. The van der Waals surface area contributed by atoms with Crippen molar-refractivity contribution in [2.45, 2.75) is 26.1 Å². The number of aliphatic imine (C=N–C) groups is 1.